The normalized spacial score (nSPS) is 11.1. The fraction of sp³-hybridized carbons (Fsp3) is 0.312. The van der Waals surface area contributed by atoms with Crippen LogP contribution >= 0.6 is 0 Å². The number of fused-ring (bicyclic) bond motifs is 1. The average Bonchev–Trinajstić information content (AvgIpc) is 3.26. The monoisotopic (exact) mass is 496 g/mol. The molecule has 0 bridgehead atoms. The number of hydrogen-bond acceptors (Lipinski definition) is 4. The summed E-state index contributed by atoms with van der Waals surface area (Å²) in [6.07, 6.45) is 4.01. The lowest BCUT2D eigenvalue weighted by atomic mass is 10.0. The summed E-state index contributed by atoms with van der Waals surface area (Å²) >= 11 is 0. The van der Waals surface area contributed by atoms with Crippen molar-refractivity contribution in [2.45, 2.75) is 53.1 Å². The first-order chi connectivity index (χ1) is 17.9. The molecule has 0 saturated carbocycles. The molecule has 1 N–H and O–H groups in total. The Morgan fingerprint density at radius 2 is 1.73 bits per heavy atom. The van der Waals surface area contributed by atoms with Crippen LogP contribution in [0.15, 0.2) is 79.0 Å². The Bertz CT molecular complexity index is 1350. The minimum Gasteiger partial charge on any atom is -0.466 e. The van der Waals surface area contributed by atoms with Crippen molar-refractivity contribution in [3.63, 3.8) is 0 Å². The molecule has 192 valence electrons. The molecule has 1 aromatic heterocycles. The highest BCUT2D eigenvalue weighted by molar-refractivity contribution is 6.16. The average molecular weight is 497 g/mol. The van der Waals surface area contributed by atoms with Crippen molar-refractivity contribution < 1.29 is 14.3 Å². The molecule has 0 amide bonds. The van der Waals surface area contributed by atoms with Gasteiger partial charge in [-0.15, -0.1) is 0 Å². The lowest BCUT2D eigenvalue weighted by Gasteiger charge is -2.10. The Morgan fingerprint density at radius 3 is 2.49 bits per heavy atom. The Hall–Kier alpha value is -3.86. The SMILES string of the molecule is CCOC(=O)CCCn1cc(C(=O)c2cccc(CNc3ccc(CC(C)C)cc3)c2)c2ccccc21. The van der Waals surface area contributed by atoms with Gasteiger partial charge in [0.25, 0.3) is 0 Å². The molecule has 5 heteroatoms. The van der Waals surface area contributed by atoms with Crippen molar-refractivity contribution in [1.82, 2.24) is 4.57 Å². The second-order valence-electron chi connectivity index (χ2n) is 9.84. The number of nitrogens with one attached hydrogen (secondary N) is 1. The third-order valence-electron chi connectivity index (χ3n) is 6.40. The highest BCUT2D eigenvalue weighted by atomic mass is 16.5. The third kappa shape index (κ3) is 6.88. The van der Waals surface area contributed by atoms with Crippen LogP contribution in [0.5, 0.6) is 0 Å². The third-order valence-corrected chi connectivity index (χ3v) is 6.40. The van der Waals surface area contributed by atoms with Gasteiger partial charge in [-0.25, -0.2) is 0 Å². The summed E-state index contributed by atoms with van der Waals surface area (Å²) < 4.78 is 7.10. The topological polar surface area (TPSA) is 60.3 Å². The Balaban J connectivity index is 1.46. The number of para-hydroxylation sites is 1. The number of benzene rings is 3. The van der Waals surface area contributed by atoms with Crippen LogP contribution in [0, 0.1) is 5.92 Å². The summed E-state index contributed by atoms with van der Waals surface area (Å²) in [4.78, 5) is 25.3. The van der Waals surface area contributed by atoms with Crippen molar-refractivity contribution in [3.8, 4) is 0 Å². The molecule has 0 saturated heterocycles. The molecule has 0 aliphatic carbocycles. The van der Waals surface area contributed by atoms with E-state index in [1.165, 1.54) is 5.56 Å². The molecule has 4 aromatic rings. The van der Waals surface area contributed by atoms with E-state index in [2.05, 4.69) is 48.0 Å². The number of esters is 1. The van der Waals surface area contributed by atoms with E-state index in [4.69, 9.17) is 4.74 Å². The maximum atomic E-state index is 13.6. The van der Waals surface area contributed by atoms with E-state index in [1.807, 2.05) is 61.7 Å². The van der Waals surface area contributed by atoms with Gasteiger partial charge in [-0.1, -0.05) is 62.4 Å². The minimum absolute atomic E-state index is 0.000214. The van der Waals surface area contributed by atoms with Gasteiger partial charge < -0.3 is 14.6 Å². The lowest BCUT2D eigenvalue weighted by Crippen LogP contribution is -2.06. The van der Waals surface area contributed by atoms with E-state index >= 15 is 0 Å². The van der Waals surface area contributed by atoms with Crippen LogP contribution in [-0.4, -0.2) is 22.9 Å². The zero-order valence-electron chi connectivity index (χ0n) is 22.0. The van der Waals surface area contributed by atoms with Gasteiger partial charge >= 0.3 is 5.97 Å². The number of carbonyl (C=O) groups is 2. The Kier molecular flexibility index (Phi) is 8.78. The smallest absolute Gasteiger partial charge is 0.305 e. The van der Waals surface area contributed by atoms with Crippen molar-refractivity contribution in [2.24, 2.45) is 5.92 Å². The first-order valence-electron chi connectivity index (χ1n) is 13.1. The number of nitrogens with zero attached hydrogens (tertiary/aromatic N) is 1. The molecule has 5 nitrogen and oxygen atoms in total. The second-order valence-corrected chi connectivity index (χ2v) is 9.84. The predicted molar refractivity (Wildman–Crippen MR) is 150 cm³/mol. The van der Waals surface area contributed by atoms with Gasteiger partial charge in [0, 0.05) is 53.4 Å². The number of hydrogen-bond donors (Lipinski definition) is 1. The van der Waals surface area contributed by atoms with Crippen molar-refractivity contribution in [2.75, 3.05) is 11.9 Å². The zero-order chi connectivity index (χ0) is 26.2. The molecule has 0 fully saturated rings. The molecule has 0 spiro atoms. The maximum absolute atomic E-state index is 13.6. The van der Waals surface area contributed by atoms with Gasteiger partial charge in [0.2, 0.25) is 0 Å². The van der Waals surface area contributed by atoms with E-state index in [1.54, 1.807) is 0 Å². The fourth-order valence-corrected chi connectivity index (χ4v) is 4.65. The van der Waals surface area contributed by atoms with Crippen LogP contribution in [0.2, 0.25) is 0 Å². The van der Waals surface area contributed by atoms with Gasteiger partial charge in [-0.3, -0.25) is 9.59 Å². The lowest BCUT2D eigenvalue weighted by molar-refractivity contribution is -0.143. The Labute approximate surface area is 219 Å². The van der Waals surface area contributed by atoms with E-state index in [0.29, 0.717) is 49.6 Å². The molecule has 0 aliphatic heterocycles. The van der Waals surface area contributed by atoms with Gasteiger partial charge in [-0.05, 0) is 61.1 Å². The zero-order valence-corrected chi connectivity index (χ0v) is 22.0. The molecule has 0 atom stereocenters. The van der Waals surface area contributed by atoms with Gasteiger partial charge in [0.1, 0.15) is 0 Å². The number of anilines is 1. The summed E-state index contributed by atoms with van der Waals surface area (Å²) in [5, 5.41) is 4.39. The van der Waals surface area contributed by atoms with Gasteiger partial charge in [-0.2, -0.15) is 0 Å². The number of aryl methyl sites for hydroxylation is 1. The predicted octanol–water partition coefficient (Wildman–Crippen LogP) is 7.03. The number of rotatable bonds is 12. The van der Waals surface area contributed by atoms with E-state index < -0.39 is 0 Å². The molecule has 1 heterocycles. The Morgan fingerprint density at radius 1 is 0.946 bits per heavy atom. The van der Waals surface area contributed by atoms with E-state index in [9.17, 15) is 9.59 Å². The van der Waals surface area contributed by atoms with Gasteiger partial charge in [0.05, 0.1) is 6.61 Å². The van der Waals surface area contributed by atoms with Crippen molar-refractivity contribution >= 4 is 28.3 Å². The first kappa shape index (κ1) is 26.2. The summed E-state index contributed by atoms with van der Waals surface area (Å²) in [6, 6.07) is 24.3. The van der Waals surface area contributed by atoms with Crippen molar-refractivity contribution in [1.29, 1.82) is 0 Å². The summed E-state index contributed by atoms with van der Waals surface area (Å²) in [7, 11) is 0. The van der Waals surface area contributed by atoms with E-state index in [0.717, 1.165) is 28.6 Å². The van der Waals surface area contributed by atoms with Gasteiger partial charge in [0.15, 0.2) is 5.78 Å². The van der Waals surface area contributed by atoms with Crippen LogP contribution in [0.25, 0.3) is 10.9 Å². The number of ether oxygens (including phenoxy) is 1. The molecule has 4 rings (SSSR count). The highest BCUT2D eigenvalue weighted by Gasteiger charge is 2.17. The number of carbonyl (C=O) groups excluding carboxylic acids is 2. The van der Waals surface area contributed by atoms with E-state index in [-0.39, 0.29) is 11.8 Å². The largest absolute Gasteiger partial charge is 0.466 e. The number of ketones is 1. The molecule has 3 aromatic carbocycles. The minimum atomic E-state index is -0.188. The molecule has 0 aliphatic rings. The van der Waals surface area contributed by atoms with Crippen LogP contribution in [0.3, 0.4) is 0 Å². The summed E-state index contributed by atoms with van der Waals surface area (Å²) in [6.45, 7) is 7.94. The molecular formula is C32H36N2O3. The second kappa shape index (κ2) is 12.4. The fourth-order valence-electron chi connectivity index (χ4n) is 4.65. The van der Waals surface area contributed by atoms with Crippen molar-refractivity contribution in [3.05, 3.63) is 101 Å². The summed E-state index contributed by atoms with van der Waals surface area (Å²) in [5.41, 5.74) is 5.80. The van der Waals surface area contributed by atoms with Crippen LogP contribution in [0.1, 0.15) is 60.7 Å². The van der Waals surface area contributed by atoms with Crippen LogP contribution < -0.4 is 5.32 Å². The molecule has 0 unspecified atom stereocenters. The standard InChI is InChI=1S/C32H36N2O3/c1-4-37-31(35)13-8-18-34-22-29(28-11-5-6-12-30(28)34)32(36)26-10-7-9-25(20-26)21-33-27-16-14-24(15-17-27)19-23(2)3/h5-7,9-12,14-17,20,22-23,33H,4,8,13,18-19,21H2,1-3H3. The quantitative estimate of drug-likeness (QED) is 0.169. The maximum Gasteiger partial charge on any atom is 0.305 e. The van der Waals surface area contributed by atoms with Crippen LogP contribution in [-0.2, 0) is 29.0 Å². The number of aromatic nitrogens is 1. The first-order valence-corrected chi connectivity index (χ1v) is 13.1. The molecular weight excluding hydrogens is 460 g/mol. The molecule has 0 radical (unpaired) electrons. The summed E-state index contributed by atoms with van der Waals surface area (Å²) in [5.74, 6) is 0.449. The molecule has 37 heavy (non-hydrogen) atoms. The van der Waals surface area contributed by atoms with Crippen LogP contribution in [0.4, 0.5) is 5.69 Å². The highest BCUT2D eigenvalue weighted by Crippen LogP contribution is 2.25.